The number of aryl methyl sites for hydroxylation is 1. The first-order valence-corrected chi connectivity index (χ1v) is 8.19. The van der Waals surface area contributed by atoms with E-state index in [1.165, 1.54) is 13.0 Å². The lowest BCUT2D eigenvalue weighted by Gasteiger charge is -2.19. The SMILES string of the molecule is [B]C(C)(F)C(=C)/C(=C\C=C)c1ccc(-c2nc(/C(C=C)=C/C)c(C)[nH]2)o1. The second-order valence-corrected chi connectivity index (χ2v) is 6.04. The summed E-state index contributed by atoms with van der Waals surface area (Å²) in [6.07, 6.45) is 6.83. The molecule has 2 aromatic rings. The van der Waals surface area contributed by atoms with Gasteiger partial charge in [-0.05, 0) is 44.1 Å². The number of H-pyrrole nitrogens is 1. The molecule has 26 heavy (non-hydrogen) atoms. The summed E-state index contributed by atoms with van der Waals surface area (Å²) in [5, 5.41) is 0. The van der Waals surface area contributed by atoms with Crippen LogP contribution in [0.5, 0.6) is 0 Å². The fourth-order valence-electron chi connectivity index (χ4n) is 2.53. The van der Waals surface area contributed by atoms with Crippen LogP contribution in [0.3, 0.4) is 0 Å². The molecule has 0 amide bonds. The number of hydrogen-bond donors (Lipinski definition) is 1. The standard InChI is InChI=1S/C21H22BFN2O/c1-7-10-16(13(4)21(6,22)23)17-11-12-18(26-17)20-24-14(5)19(25-20)15(8-2)9-3/h7-12H,1-2,4H2,3,5-6H3,(H,24,25)/b15-9+,16-10+. The Bertz CT molecular complexity index is 907. The van der Waals surface area contributed by atoms with Crippen molar-refractivity contribution in [3.05, 3.63) is 78.9 Å². The van der Waals surface area contributed by atoms with Gasteiger partial charge in [0, 0.05) is 11.3 Å². The topological polar surface area (TPSA) is 41.8 Å². The molecule has 1 atom stereocenters. The van der Waals surface area contributed by atoms with E-state index < -0.39 is 5.57 Å². The lowest BCUT2D eigenvalue weighted by Crippen LogP contribution is -2.21. The Kier molecular flexibility index (Phi) is 5.71. The normalized spacial score (nSPS) is 14.8. The number of nitrogens with one attached hydrogen (secondary N) is 1. The molecule has 2 rings (SSSR count). The number of aromatic nitrogens is 2. The number of nitrogens with zero attached hydrogens (tertiary/aromatic N) is 1. The maximum Gasteiger partial charge on any atom is 0.174 e. The largest absolute Gasteiger partial charge is 0.453 e. The summed E-state index contributed by atoms with van der Waals surface area (Å²) in [4.78, 5) is 7.78. The van der Waals surface area contributed by atoms with Gasteiger partial charge in [-0.25, -0.2) is 4.98 Å². The number of rotatable bonds is 7. The third-order valence-corrected chi connectivity index (χ3v) is 3.99. The molecule has 0 bridgehead atoms. The van der Waals surface area contributed by atoms with Crippen LogP contribution in [0.15, 0.2) is 66.2 Å². The minimum absolute atomic E-state index is 0.109. The highest BCUT2D eigenvalue weighted by atomic mass is 19.1. The molecular formula is C21H22BFN2O. The van der Waals surface area contributed by atoms with E-state index >= 15 is 0 Å². The van der Waals surface area contributed by atoms with E-state index in [9.17, 15) is 4.39 Å². The first-order valence-electron chi connectivity index (χ1n) is 8.19. The summed E-state index contributed by atoms with van der Waals surface area (Å²) in [6.45, 7) is 16.3. The summed E-state index contributed by atoms with van der Waals surface area (Å²) in [5.41, 5.74) is 1.12. The second-order valence-electron chi connectivity index (χ2n) is 6.04. The van der Waals surface area contributed by atoms with Crippen molar-refractivity contribution in [1.82, 2.24) is 9.97 Å². The van der Waals surface area contributed by atoms with Gasteiger partial charge in [0.15, 0.2) is 11.6 Å². The summed E-state index contributed by atoms with van der Waals surface area (Å²) < 4.78 is 20.0. The zero-order valence-electron chi connectivity index (χ0n) is 15.4. The Morgan fingerprint density at radius 3 is 2.62 bits per heavy atom. The molecule has 132 valence electrons. The van der Waals surface area contributed by atoms with Crippen molar-refractivity contribution in [3.63, 3.8) is 0 Å². The van der Waals surface area contributed by atoms with Gasteiger partial charge < -0.3 is 9.40 Å². The van der Waals surface area contributed by atoms with E-state index in [-0.39, 0.29) is 5.57 Å². The highest BCUT2D eigenvalue weighted by molar-refractivity contribution is 6.18. The van der Waals surface area contributed by atoms with Crippen LogP contribution >= 0.6 is 0 Å². The number of halogens is 1. The molecule has 0 saturated carbocycles. The van der Waals surface area contributed by atoms with Crippen molar-refractivity contribution >= 4 is 19.0 Å². The molecule has 0 saturated heterocycles. The Morgan fingerprint density at radius 1 is 1.38 bits per heavy atom. The van der Waals surface area contributed by atoms with Crippen LogP contribution in [0.4, 0.5) is 4.39 Å². The maximum atomic E-state index is 14.1. The first-order chi connectivity index (χ1) is 12.2. The Hall–Kier alpha value is -2.82. The molecule has 0 aliphatic carbocycles. The third-order valence-electron chi connectivity index (χ3n) is 3.99. The van der Waals surface area contributed by atoms with Gasteiger partial charge in [-0.15, -0.1) is 0 Å². The molecule has 3 nitrogen and oxygen atoms in total. The Labute approximate surface area is 155 Å². The summed E-state index contributed by atoms with van der Waals surface area (Å²) in [7, 11) is 5.54. The molecule has 1 unspecified atom stereocenters. The van der Waals surface area contributed by atoms with Gasteiger partial charge in [-0.3, -0.25) is 4.39 Å². The number of imidazole rings is 1. The maximum absolute atomic E-state index is 14.1. The van der Waals surface area contributed by atoms with E-state index in [0.717, 1.165) is 17.0 Å². The lowest BCUT2D eigenvalue weighted by atomic mass is 9.76. The molecule has 0 spiro atoms. The molecule has 2 radical (unpaired) electrons. The summed E-state index contributed by atoms with van der Waals surface area (Å²) >= 11 is 0. The summed E-state index contributed by atoms with van der Waals surface area (Å²) in [6, 6.07) is 3.49. The molecule has 5 heteroatoms. The van der Waals surface area contributed by atoms with Gasteiger partial charge in [-0.2, -0.15) is 0 Å². The van der Waals surface area contributed by atoms with Gasteiger partial charge in [0.1, 0.15) is 13.6 Å². The molecule has 1 N–H and O–H groups in total. The highest BCUT2D eigenvalue weighted by Gasteiger charge is 2.25. The minimum Gasteiger partial charge on any atom is -0.453 e. The van der Waals surface area contributed by atoms with Gasteiger partial charge in [0.25, 0.3) is 0 Å². The monoisotopic (exact) mass is 348 g/mol. The Morgan fingerprint density at radius 2 is 2.08 bits per heavy atom. The van der Waals surface area contributed by atoms with Gasteiger partial charge >= 0.3 is 0 Å². The summed E-state index contributed by atoms with van der Waals surface area (Å²) in [5.74, 6) is 1.53. The molecule has 0 aromatic carbocycles. The van der Waals surface area contributed by atoms with E-state index in [1.54, 1.807) is 24.3 Å². The first kappa shape index (κ1) is 19.5. The van der Waals surface area contributed by atoms with Crippen LogP contribution in [0, 0.1) is 6.92 Å². The van der Waals surface area contributed by atoms with Crippen molar-refractivity contribution in [1.29, 1.82) is 0 Å². The molecule has 2 heterocycles. The third kappa shape index (κ3) is 3.88. The van der Waals surface area contributed by atoms with Gasteiger partial charge in [0.2, 0.25) is 0 Å². The van der Waals surface area contributed by atoms with Crippen LogP contribution < -0.4 is 0 Å². The molecule has 2 aromatic heterocycles. The van der Waals surface area contributed by atoms with Crippen LogP contribution in [-0.2, 0) is 0 Å². The van der Waals surface area contributed by atoms with Crippen molar-refractivity contribution < 1.29 is 8.81 Å². The zero-order chi connectivity index (χ0) is 19.5. The predicted octanol–water partition coefficient (Wildman–Crippen LogP) is 5.55. The van der Waals surface area contributed by atoms with Crippen molar-refractivity contribution in [3.8, 4) is 11.6 Å². The quantitative estimate of drug-likeness (QED) is 0.527. The van der Waals surface area contributed by atoms with E-state index in [0.29, 0.717) is 22.9 Å². The average Bonchev–Trinajstić information content (AvgIpc) is 3.20. The predicted molar refractivity (Wildman–Crippen MR) is 107 cm³/mol. The molecule has 0 aliphatic rings. The van der Waals surface area contributed by atoms with Crippen LogP contribution in [0.1, 0.15) is 31.0 Å². The zero-order valence-corrected chi connectivity index (χ0v) is 15.4. The molecule has 0 fully saturated rings. The molecule has 0 aliphatic heterocycles. The van der Waals surface area contributed by atoms with Crippen molar-refractivity contribution in [2.24, 2.45) is 0 Å². The van der Waals surface area contributed by atoms with Crippen molar-refractivity contribution in [2.75, 3.05) is 0 Å². The van der Waals surface area contributed by atoms with Gasteiger partial charge in [0.05, 0.1) is 11.3 Å². The highest BCUT2D eigenvalue weighted by Crippen LogP contribution is 2.34. The minimum atomic E-state index is -2.07. The van der Waals surface area contributed by atoms with Crippen LogP contribution in [0.2, 0.25) is 0 Å². The second kappa shape index (κ2) is 7.60. The van der Waals surface area contributed by atoms with E-state index in [1.807, 2.05) is 19.9 Å². The van der Waals surface area contributed by atoms with Crippen molar-refractivity contribution in [2.45, 2.75) is 26.3 Å². The fraction of sp³-hybridized carbons (Fsp3) is 0.190. The molecular weight excluding hydrogens is 326 g/mol. The number of aromatic amines is 1. The number of alkyl halides is 1. The average molecular weight is 348 g/mol. The van der Waals surface area contributed by atoms with Crippen LogP contribution in [0.25, 0.3) is 22.7 Å². The number of furan rings is 1. The smallest absolute Gasteiger partial charge is 0.174 e. The number of allylic oxidation sites excluding steroid dienone is 7. The lowest BCUT2D eigenvalue weighted by molar-refractivity contribution is 0.364. The Balaban J connectivity index is 2.45. The number of hydrogen-bond acceptors (Lipinski definition) is 2. The fourth-order valence-corrected chi connectivity index (χ4v) is 2.53. The van der Waals surface area contributed by atoms with E-state index in [2.05, 4.69) is 29.7 Å². The van der Waals surface area contributed by atoms with Gasteiger partial charge in [-0.1, -0.05) is 44.0 Å². The van der Waals surface area contributed by atoms with E-state index in [4.69, 9.17) is 12.3 Å². The van der Waals surface area contributed by atoms with Crippen LogP contribution in [-0.4, -0.2) is 23.4 Å².